The lowest BCUT2D eigenvalue weighted by atomic mass is 9.63. The molecule has 0 bridgehead atoms. The van der Waals surface area contributed by atoms with Gasteiger partial charge in [0, 0.05) is 12.3 Å². The third-order valence-electron chi connectivity index (χ3n) is 8.06. The fraction of sp³-hybridized carbons (Fsp3) is 0.720. The van der Waals surface area contributed by atoms with E-state index in [2.05, 4.69) is 52.0 Å². The number of carbonyl (C=O) groups is 1. The molecule has 0 spiro atoms. The van der Waals surface area contributed by atoms with Gasteiger partial charge in [-0.3, -0.25) is 4.79 Å². The van der Waals surface area contributed by atoms with Crippen LogP contribution in [0.25, 0.3) is 0 Å². The molecule has 0 heterocycles. The van der Waals surface area contributed by atoms with Gasteiger partial charge in [0.15, 0.2) is 0 Å². The lowest BCUT2D eigenvalue weighted by molar-refractivity contribution is -0.106. The Morgan fingerprint density at radius 1 is 1.25 bits per heavy atom. The van der Waals surface area contributed by atoms with Crippen molar-refractivity contribution in [1.82, 2.24) is 0 Å². The second kappa shape index (κ2) is 7.91. The van der Waals surface area contributed by atoms with E-state index < -0.39 is 11.7 Å². The third-order valence-corrected chi connectivity index (χ3v) is 8.06. The molecule has 3 aliphatic rings. The summed E-state index contributed by atoms with van der Waals surface area (Å²) in [5.74, 6) is 1.30. The monoisotopic (exact) mass is 386 g/mol. The topological polar surface area (TPSA) is 57.5 Å². The second-order valence-corrected chi connectivity index (χ2v) is 10.5. The van der Waals surface area contributed by atoms with Gasteiger partial charge >= 0.3 is 0 Å². The standard InChI is InChI=1S/C25H38O3/c1-16(2)7-6-8-17(3)19-11-12-24(4)13-21-23(22(27)14-25(21,5)28)18(15-26)9-10-20(19)24/h6-9,15,17,19-23,27-28H,10-14H2,1-5H3/t17-,19+,20-,21-,22+,23+,24+,25+/m0/s1. The van der Waals surface area contributed by atoms with Gasteiger partial charge in [-0.05, 0) is 81.1 Å². The number of aliphatic hydroxyl groups is 2. The zero-order valence-corrected chi connectivity index (χ0v) is 18.2. The molecule has 0 unspecified atom stereocenters. The van der Waals surface area contributed by atoms with Crippen molar-refractivity contribution in [1.29, 1.82) is 0 Å². The van der Waals surface area contributed by atoms with E-state index in [0.717, 1.165) is 25.5 Å². The van der Waals surface area contributed by atoms with Crippen molar-refractivity contribution >= 4 is 6.29 Å². The number of allylic oxidation sites excluding steroid dienone is 5. The molecule has 0 aromatic rings. The van der Waals surface area contributed by atoms with Gasteiger partial charge in [0.1, 0.15) is 6.29 Å². The van der Waals surface area contributed by atoms with Crippen molar-refractivity contribution in [3.63, 3.8) is 0 Å². The van der Waals surface area contributed by atoms with Crippen LogP contribution in [0.4, 0.5) is 0 Å². The molecule has 3 rings (SSSR count). The molecule has 2 saturated carbocycles. The molecule has 8 atom stereocenters. The van der Waals surface area contributed by atoms with Gasteiger partial charge < -0.3 is 10.2 Å². The number of hydrogen-bond acceptors (Lipinski definition) is 3. The zero-order chi connectivity index (χ0) is 20.7. The van der Waals surface area contributed by atoms with Crippen LogP contribution in [0.15, 0.2) is 35.5 Å². The van der Waals surface area contributed by atoms with Crippen LogP contribution in [0, 0.1) is 35.0 Å². The van der Waals surface area contributed by atoms with Gasteiger partial charge in [-0.1, -0.05) is 43.7 Å². The first kappa shape index (κ1) is 21.5. The maximum absolute atomic E-state index is 11.8. The third kappa shape index (κ3) is 3.93. The Morgan fingerprint density at radius 2 is 1.96 bits per heavy atom. The summed E-state index contributed by atoms with van der Waals surface area (Å²) in [5.41, 5.74) is 1.24. The van der Waals surface area contributed by atoms with Crippen molar-refractivity contribution in [2.75, 3.05) is 0 Å². The summed E-state index contributed by atoms with van der Waals surface area (Å²) in [5, 5.41) is 21.7. The predicted octanol–water partition coefficient (Wildman–Crippen LogP) is 4.84. The predicted molar refractivity (Wildman–Crippen MR) is 114 cm³/mol. The molecular formula is C25H38O3. The number of carbonyl (C=O) groups excluding carboxylic acids is 1. The Bertz CT molecular complexity index is 682. The number of hydrogen-bond donors (Lipinski definition) is 2. The van der Waals surface area contributed by atoms with E-state index in [1.165, 1.54) is 12.0 Å². The van der Waals surface area contributed by atoms with Crippen LogP contribution in [0.1, 0.15) is 66.7 Å². The number of aldehydes is 1. The van der Waals surface area contributed by atoms with Crippen molar-refractivity contribution in [2.45, 2.75) is 78.4 Å². The van der Waals surface area contributed by atoms with Crippen LogP contribution < -0.4 is 0 Å². The molecule has 0 saturated heterocycles. The number of rotatable bonds is 4. The van der Waals surface area contributed by atoms with E-state index in [1.807, 2.05) is 6.92 Å². The quantitative estimate of drug-likeness (QED) is 0.537. The van der Waals surface area contributed by atoms with Gasteiger partial charge in [-0.15, -0.1) is 0 Å². The van der Waals surface area contributed by atoms with Crippen LogP contribution in [0.5, 0.6) is 0 Å². The molecule has 0 radical (unpaired) electrons. The normalized spacial score (nSPS) is 44.2. The first-order chi connectivity index (χ1) is 13.1. The van der Waals surface area contributed by atoms with Crippen LogP contribution in [0.3, 0.4) is 0 Å². The fourth-order valence-corrected chi connectivity index (χ4v) is 6.49. The molecular weight excluding hydrogens is 348 g/mol. The molecule has 3 nitrogen and oxygen atoms in total. The molecule has 0 amide bonds. The van der Waals surface area contributed by atoms with E-state index >= 15 is 0 Å². The highest BCUT2D eigenvalue weighted by Crippen LogP contribution is 2.59. The summed E-state index contributed by atoms with van der Waals surface area (Å²) in [7, 11) is 0. The minimum Gasteiger partial charge on any atom is -0.392 e. The summed E-state index contributed by atoms with van der Waals surface area (Å²) < 4.78 is 0. The second-order valence-electron chi connectivity index (χ2n) is 10.5. The summed E-state index contributed by atoms with van der Waals surface area (Å²) in [4.78, 5) is 11.8. The summed E-state index contributed by atoms with van der Waals surface area (Å²) >= 11 is 0. The van der Waals surface area contributed by atoms with E-state index in [-0.39, 0.29) is 17.3 Å². The molecule has 0 aromatic carbocycles. The van der Waals surface area contributed by atoms with E-state index in [1.54, 1.807) is 0 Å². The van der Waals surface area contributed by atoms with Crippen LogP contribution >= 0.6 is 0 Å². The SMILES string of the molecule is CC(C)=CC=C[C@H](C)[C@H]1CC[C@]2(C)C[C@H]3[C@@H](C(C=O)=CC[C@@H]12)[C@H](O)C[C@@]3(C)O. The van der Waals surface area contributed by atoms with E-state index in [0.29, 0.717) is 29.7 Å². The van der Waals surface area contributed by atoms with Crippen LogP contribution in [-0.4, -0.2) is 28.2 Å². The first-order valence-corrected chi connectivity index (χ1v) is 11.0. The molecule has 2 N–H and O–H groups in total. The Kier molecular flexibility index (Phi) is 6.08. The molecule has 3 heteroatoms. The van der Waals surface area contributed by atoms with Gasteiger partial charge in [-0.2, -0.15) is 0 Å². The summed E-state index contributed by atoms with van der Waals surface area (Å²) in [6.07, 6.45) is 13.5. The van der Waals surface area contributed by atoms with Crippen molar-refractivity contribution < 1.29 is 15.0 Å². The van der Waals surface area contributed by atoms with Crippen molar-refractivity contribution in [3.05, 3.63) is 35.5 Å². The molecule has 0 aromatic heterocycles. The molecule has 156 valence electrons. The van der Waals surface area contributed by atoms with Gasteiger partial charge in [-0.25, -0.2) is 0 Å². The Balaban J connectivity index is 1.91. The minimum absolute atomic E-state index is 0.0537. The maximum atomic E-state index is 11.8. The molecule has 0 aliphatic heterocycles. The average Bonchev–Trinajstić information content (AvgIpc) is 3.01. The van der Waals surface area contributed by atoms with Crippen LogP contribution in [0.2, 0.25) is 0 Å². The Morgan fingerprint density at radius 3 is 2.61 bits per heavy atom. The van der Waals surface area contributed by atoms with Crippen molar-refractivity contribution in [3.8, 4) is 0 Å². The average molecular weight is 387 g/mol. The Hall–Kier alpha value is -1.19. The molecule has 2 fully saturated rings. The number of aliphatic hydroxyl groups excluding tert-OH is 1. The summed E-state index contributed by atoms with van der Waals surface area (Å²) in [6.45, 7) is 10.8. The Labute approximate surface area is 170 Å². The number of fused-ring (bicyclic) bond motifs is 2. The van der Waals surface area contributed by atoms with E-state index in [9.17, 15) is 15.0 Å². The smallest absolute Gasteiger partial charge is 0.146 e. The highest BCUT2D eigenvalue weighted by molar-refractivity contribution is 5.74. The zero-order valence-electron chi connectivity index (χ0n) is 18.2. The van der Waals surface area contributed by atoms with Crippen molar-refractivity contribution in [2.24, 2.45) is 35.0 Å². The van der Waals surface area contributed by atoms with Crippen LogP contribution in [-0.2, 0) is 4.79 Å². The van der Waals surface area contributed by atoms with Gasteiger partial charge in [0.05, 0.1) is 11.7 Å². The minimum atomic E-state index is -0.913. The molecule has 3 aliphatic carbocycles. The van der Waals surface area contributed by atoms with Gasteiger partial charge in [0.25, 0.3) is 0 Å². The summed E-state index contributed by atoms with van der Waals surface area (Å²) in [6, 6.07) is 0. The van der Waals surface area contributed by atoms with E-state index in [4.69, 9.17) is 0 Å². The highest BCUT2D eigenvalue weighted by Gasteiger charge is 2.56. The highest BCUT2D eigenvalue weighted by atomic mass is 16.3. The maximum Gasteiger partial charge on any atom is 0.146 e. The largest absolute Gasteiger partial charge is 0.392 e. The first-order valence-electron chi connectivity index (χ1n) is 11.0. The fourth-order valence-electron chi connectivity index (χ4n) is 6.49. The lowest BCUT2D eigenvalue weighted by Crippen LogP contribution is -2.40. The lowest BCUT2D eigenvalue weighted by Gasteiger charge is -2.43. The van der Waals surface area contributed by atoms with Gasteiger partial charge in [0.2, 0.25) is 0 Å². The molecule has 28 heavy (non-hydrogen) atoms.